The van der Waals surface area contributed by atoms with Crippen molar-refractivity contribution in [3.63, 3.8) is 0 Å². The van der Waals surface area contributed by atoms with Gasteiger partial charge in [0.05, 0.1) is 6.04 Å². The fourth-order valence-electron chi connectivity index (χ4n) is 3.64. The topological polar surface area (TPSA) is 72.7 Å². The van der Waals surface area contributed by atoms with E-state index in [2.05, 4.69) is 15.1 Å². The van der Waals surface area contributed by atoms with Crippen LogP contribution in [0.3, 0.4) is 0 Å². The predicted octanol–water partition coefficient (Wildman–Crippen LogP) is 3.89. The van der Waals surface area contributed by atoms with Crippen molar-refractivity contribution in [3.05, 3.63) is 71.0 Å². The van der Waals surface area contributed by atoms with Gasteiger partial charge in [-0.2, -0.15) is 0 Å². The number of amides is 1. The Morgan fingerprint density at radius 1 is 1.12 bits per heavy atom. The van der Waals surface area contributed by atoms with Gasteiger partial charge in [-0.25, -0.2) is 4.79 Å². The number of nitrogens with zero attached hydrogens (tertiary/aromatic N) is 5. The lowest BCUT2D eigenvalue weighted by Crippen LogP contribution is -2.39. The minimum absolute atomic E-state index is 0.0451. The summed E-state index contributed by atoms with van der Waals surface area (Å²) in [5.41, 5.74) is 0.967. The molecule has 1 aliphatic rings. The molecule has 168 valence electrons. The van der Waals surface area contributed by atoms with Crippen molar-refractivity contribution in [1.29, 1.82) is 0 Å². The van der Waals surface area contributed by atoms with Crippen LogP contribution in [0.4, 0.5) is 10.7 Å². The van der Waals surface area contributed by atoms with Crippen LogP contribution < -0.4 is 9.64 Å². The molecule has 3 aromatic rings. The van der Waals surface area contributed by atoms with E-state index in [9.17, 15) is 4.79 Å². The summed E-state index contributed by atoms with van der Waals surface area (Å²) >= 11 is 5.91. The number of halogens is 1. The van der Waals surface area contributed by atoms with Crippen molar-refractivity contribution in [3.8, 4) is 5.75 Å². The molecule has 9 heteroatoms. The summed E-state index contributed by atoms with van der Waals surface area (Å²) in [7, 11) is 3.70. The first-order valence-corrected chi connectivity index (χ1v) is 10.8. The Hall–Kier alpha value is -3.26. The molecular weight excluding hydrogens is 430 g/mol. The van der Waals surface area contributed by atoms with E-state index in [0.29, 0.717) is 24.0 Å². The van der Waals surface area contributed by atoms with Crippen LogP contribution in [-0.4, -0.2) is 51.9 Å². The normalized spacial score (nSPS) is 15.6. The molecule has 2 aromatic carbocycles. The van der Waals surface area contributed by atoms with Crippen LogP contribution in [0.2, 0.25) is 5.02 Å². The Morgan fingerprint density at radius 3 is 2.62 bits per heavy atom. The van der Waals surface area contributed by atoms with Gasteiger partial charge in [-0.15, -0.1) is 10.2 Å². The molecule has 0 radical (unpaired) electrons. The lowest BCUT2D eigenvalue weighted by molar-refractivity contribution is 0.0938. The molecule has 32 heavy (non-hydrogen) atoms. The molecule has 0 saturated carbocycles. The van der Waals surface area contributed by atoms with Gasteiger partial charge in [-0.05, 0) is 36.2 Å². The standard InChI is InChI=1S/C23H26ClN5O3/c1-27(23(30)32-15-17-6-4-3-5-7-17)19-12-13-29(14-19)22-26-25-21(28(22)2)16-31-20-10-8-18(24)9-11-20/h3-11,19H,12-16H2,1-2H3. The lowest BCUT2D eigenvalue weighted by atomic mass is 10.2. The highest BCUT2D eigenvalue weighted by atomic mass is 35.5. The van der Waals surface area contributed by atoms with Crippen molar-refractivity contribution in [1.82, 2.24) is 19.7 Å². The maximum Gasteiger partial charge on any atom is 0.410 e. The third-order valence-corrected chi connectivity index (χ3v) is 5.86. The average molecular weight is 456 g/mol. The maximum atomic E-state index is 12.5. The van der Waals surface area contributed by atoms with Gasteiger partial charge in [0.25, 0.3) is 0 Å². The summed E-state index contributed by atoms with van der Waals surface area (Å²) in [5, 5.41) is 9.28. The summed E-state index contributed by atoms with van der Waals surface area (Å²) in [4.78, 5) is 16.3. The molecule has 1 atom stereocenters. The number of benzene rings is 2. The summed E-state index contributed by atoms with van der Waals surface area (Å²) < 4.78 is 13.2. The zero-order chi connectivity index (χ0) is 22.5. The van der Waals surface area contributed by atoms with E-state index in [1.165, 1.54) is 0 Å². The second-order valence-corrected chi connectivity index (χ2v) is 8.19. The number of rotatable bonds is 7. The SMILES string of the molecule is CN(C(=O)OCc1ccccc1)C1CCN(c2nnc(COc3ccc(Cl)cc3)n2C)C1. The number of ether oxygens (including phenoxy) is 2. The first kappa shape index (κ1) is 22.0. The third kappa shape index (κ3) is 5.13. The van der Waals surface area contributed by atoms with Crippen LogP contribution in [0, 0.1) is 0 Å². The van der Waals surface area contributed by atoms with E-state index >= 15 is 0 Å². The minimum atomic E-state index is -0.323. The zero-order valence-electron chi connectivity index (χ0n) is 18.1. The monoisotopic (exact) mass is 455 g/mol. The van der Waals surface area contributed by atoms with Crippen molar-refractivity contribution in [2.45, 2.75) is 25.7 Å². The quantitative estimate of drug-likeness (QED) is 0.538. The fourth-order valence-corrected chi connectivity index (χ4v) is 3.77. The smallest absolute Gasteiger partial charge is 0.410 e. The van der Waals surface area contributed by atoms with E-state index in [1.807, 2.05) is 54.1 Å². The Morgan fingerprint density at radius 2 is 1.88 bits per heavy atom. The Bertz CT molecular complexity index is 1040. The Labute approximate surface area is 192 Å². The second kappa shape index (κ2) is 9.91. The molecule has 0 spiro atoms. The number of likely N-dealkylation sites (N-methyl/N-ethyl adjacent to an activating group) is 1. The predicted molar refractivity (Wildman–Crippen MR) is 122 cm³/mol. The molecule has 0 aliphatic carbocycles. The van der Waals surface area contributed by atoms with Crippen LogP contribution in [0.25, 0.3) is 0 Å². The highest BCUT2D eigenvalue weighted by Gasteiger charge is 2.31. The average Bonchev–Trinajstić information content (AvgIpc) is 3.44. The molecular formula is C23H26ClN5O3. The molecule has 0 N–H and O–H groups in total. The lowest BCUT2D eigenvalue weighted by Gasteiger charge is -2.24. The number of hydrogen-bond donors (Lipinski definition) is 0. The maximum absolute atomic E-state index is 12.5. The molecule has 1 aliphatic heterocycles. The summed E-state index contributed by atoms with van der Waals surface area (Å²) in [6.45, 7) is 2.01. The molecule has 1 aromatic heterocycles. The minimum Gasteiger partial charge on any atom is -0.486 e. The van der Waals surface area contributed by atoms with Crippen LogP contribution in [0.15, 0.2) is 54.6 Å². The molecule has 1 unspecified atom stereocenters. The number of aromatic nitrogens is 3. The van der Waals surface area contributed by atoms with Gasteiger partial charge in [-0.3, -0.25) is 4.57 Å². The van der Waals surface area contributed by atoms with Gasteiger partial charge in [0.15, 0.2) is 5.82 Å². The molecule has 8 nitrogen and oxygen atoms in total. The van der Waals surface area contributed by atoms with E-state index in [-0.39, 0.29) is 18.7 Å². The van der Waals surface area contributed by atoms with Crippen LogP contribution in [0.1, 0.15) is 17.8 Å². The first-order valence-electron chi connectivity index (χ1n) is 10.5. The van der Waals surface area contributed by atoms with Crippen LogP contribution in [0.5, 0.6) is 5.75 Å². The Balaban J connectivity index is 1.30. The van der Waals surface area contributed by atoms with Crippen molar-refractivity contribution in [2.75, 3.05) is 25.0 Å². The first-order chi connectivity index (χ1) is 15.5. The van der Waals surface area contributed by atoms with E-state index in [1.54, 1.807) is 24.1 Å². The third-order valence-electron chi connectivity index (χ3n) is 5.61. The number of hydrogen-bond acceptors (Lipinski definition) is 6. The van der Waals surface area contributed by atoms with E-state index in [0.717, 1.165) is 30.2 Å². The van der Waals surface area contributed by atoms with Crippen molar-refractivity contribution < 1.29 is 14.3 Å². The van der Waals surface area contributed by atoms with E-state index in [4.69, 9.17) is 21.1 Å². The molecule has 0 bridgehead atoms. The van der Waals surface area contributed by atoms with Crippen molar-refractivity contribution >= 4 is 23.6 Å². The highest BCUT2D eigenvalue weighted by Crippen LogP contribution is 2.23. The van der Waals surface area contributed by atoms with Crippen LogP contribution >= 0.6 is 11.6 Å². The molecule has 1 saturated heterocycles. The number of carbonyl (C=O) groups is 1. The van der Waals surface area contributed by atoms with Gasteiger partial charge in [0, 0.05) is 32.2 Å². The highest BCUT2D eigenvalue weighted by molar-refractivity contribution is 6.30. The summed E-state index contributed by atoms with van der Waals surface area (Å²) in [6, 6.07) is 16.9. The molecule has 1 fully saturated rings. The summed E-state index contributed by atoms with van der Waals surface area (Å²) in [5.74, 6) is 2.19. The van der Waals surface area contributed by atoms with Gasteiger partial charge in [0.1, 0.15) is 19.0 Å². The van der Waals surface area contributed by atoms with Crippen molar-refractivity contribution in [2.24, 2.45) is 7.05 Å². The molecule has 1 amide bonds. The van der Waals surface area contributed by atoms with Gasteiger partial charge in [0.2, 0.25) is 5.95 Å². The number of carbonyl (C=O) groups excluding carboxylic acids is 1. The second-order valence-electron chi connectivity index (χ2n) is 7.76. The number of anilines is 1. The Kier molecular flexibility index (Phi) is 6.80. The van der Waals surface area contributed by atoms with Gasteiger partial charge < -0.3 is 19.3 Å². The van der Waals surface area contributed by atoms with E-state index < -0.39 is 0 Å². The fraction of sp³-hybridized carbons (Fsp3) is 0.348. The van der Waals surface area contributed by atoms with Gasteiger partial charge in [-0.1, -0.05) is 41.9 Å². The van der Waals surface area contributed by atoms with Crippen LogP contribution in [-0.2, 0) is 25.0 Å². The molecule has 2 heterocycles. The summed E-state index contributed by atoms with van der Waals surface area (Å²) in [6.07, 6.45) is 0.510. The molecule has 4 rings (SSSR count). The zero-order valence-corrected chi connectivity index (χ0v) is 18.9. The largest absolute Gasteiger partial charge is 0.486 e. The van der Waals surface area contributed by atoms with Gasteiger partial charge >= 0.3 is 6.09 Å².